The number of likely N-dealkylation sites (N-methyl/N-ethyl adjacent to an activating group) is 1. The number of fused-ring (bicyclic) bond motifs is 1. The zero-order valence-electron chi connectivity index (χ0n) is 15.1. The van der Waals surface area contributed by atoms with Crippen molar-refractivity contribution >= 4 is 15.7 Å². The van der Waals surface area contributed by atoms with Gasteiger partial charge in [-0.15, -0.1) is 0 Å². The lowest BCUT2D eigenvalue weighted by Crippen LogP contribution is -2.38. The number of halogens is 2. The number of rotatable bonds is 5. The van der Waals surface area contributed by atoms with Gasteiger partial charge >= 0.3 is 0 Å². The van der Waals surface area contributed by atoms with Crippen LogP contribution in [0.25, 0.3) is 0 Å². The minimum atomic E-state index is -4.49. The number of methoxy groups -OCH3 is 1. The highest BCUT2D eigenvalue weighted by Crippen LogP contribution is 2.40. The van der Waals surface area contributed by atoms with Crippen molar-refractivity contribution in [2.75, 3.05) is 32.5 Å². The predicted molar refractivity (Wildman–Crippen MR) is 96.8 cm³/mol. The third kappa shape index (κ3) is 3.70. The first-order valence-corrected chi connectivity index (χ1v) is 9.69. The van der Waals surface area contributed by atoms with Crippen LogP contribution in [-0.4, -0.2) is 47.2 Å². The maximum atomic E-state index is 13.9. The summed E-state index contributed by atoms with van der Waals surface area (Å²) >= 11 is 0. The molecule has 1 atom stereocenters. The molecule has 3 rings (SSSR count). The van der Waals surface area contributed by atoms with E-state index in [4.69, 9.17) is 9.47 Å². The lowest BCUT2D eigenvalue weighted by Gasteiger charge is -2.32. The summed E-state index contributed by atoms with van der Waals surface area (Å²) < 4.78 is 66.4. The molecule has 27 heavy (non-hydrogen) atoms. The molecule has 0 radical (unpaired) electrons. The second kappa shape index (κ2) is 7.32. The van der Waals surface area contributed by atoms with Crippen LogP contribution in [0, 0.1) is 11.6 Å². The lowest BCUT2D eigenvalue weighted by molar-refractivity contribution is 0.164. The summed E-state index contributed by atoms with van der Waals surface area (Å²) in [4.78, 5) is 0.963. The van der Waals surface area contributed by atoms with Crippen molar-refractivity contribution in [2.24, 2.45) is 0 Å². The van der Waals surface area contributed by atoms with E-state index in [1.165, 1.54) is 13.2 Å². The maximum Gasteiger partial charge on any atom is 0.267 e. The summed E-state index contributed by atoms with van der Waals surface area (Å²) in [7, 11) is 0.850. The van der Waals surface area contributed by atoms with Gasteiger partial charge in [-0.05, 0) is 44.8 Å². The third-order valence-electron chi connectivity index (χ3n) is 4.46. The van der Waals surface area contributed by atoms with Gasteiger partial charge in [0.2, 0.25) is 0 Å². The number of ether oxygens (including phenoxy) is 2. The molecule has 2 aromatic carbocycles. The highest BCUT2D eigenvalue weighted by Gasteiger charge is 2.30. The van der Waals surface area contributed by atoms with Gasteiger partial charge in [-0.25, -0.2) is 17.2 Å². The number of nitrogens with one attached hydrogen (secondary N) is 1. The minimum absolute atomic E-state index is 0.0854. The molecule has 146 valence electrons. The van der Waals surface area contributed by atoms with E-state index in [0.717, 1.165) is 18.2 Å². The summed E-state index contributed by atoms with van der Waals surface area (Å²) in [6.45, 7) is 0.343. The first-order chi connectivity index (χ1) is 12.7. The Morgan fingerprint density at radius 1 is 1.19 bits per heavy atom. The molecule has 1 aliphatic heterocycles. The van der Waals surface area contributed by atoms with E-state index in [1.807, 2.05) is 19.0 Å². The van der Waals surface area contributed by atoms with Gasteiger partial charge in [0.15, 0.2) is 4.90 Å². The SMILES string of the molecule is COc1ccc(NS(=O)(=O)c2c(F)cccc2F)c2c1C[C@@H](N(C)C)CO2. The number of sulfonamides is 1. The lowest BCUT2D eigenvalue weighted by atomic mass is 10.00. The first-order valence-electron chi connectivity index (χ1n) is 8.20. The standard InChI is InChI=1S/C18H20F2N2O4S/c1-22(2)11-9-12-16(25-3)8-7-15(17(12)26-10-11)21-27(23,24)18-13(19)5-4-6-14(18)20/h4-8,11,21H,9-10H2,1-3H3/t11-/m1/s1. The molecule has 0 amide bonds. The molecule has 1 aliphatic rings. The Morgan fingerprint density at radius 3 is 2.44 bits per heavy atom. The van der Waals surface area contributed by atoms with Crippen LogP contribution in [0.2, 0.25) is 0 Å². The fourth-order valence-corrected chi connectivity index (χ4v) is 4.18. The van der Waals surface area contributed by atoms with Crippen LogP contribution in [0.5, 0.6) is 11.5 Å². The molecule has 9 heteroatoms. The van der Waals surface area contributed by atoms with Crippen LogP contribution in [0.3, 0.4) is 0 Å². The molecule has 0 saturated carbocycles. The van der Waals surface area contributed by atoms with Crippen molar-refractivity contribution in [2.45, 2.75) is 17.4 Å². The summed E-state index contributed by atoms with van der Waals surface area (Å²) in [5.41, 5.74) is 0.794. The fourth-order valence-electron chi connectivity index (χ4n) is 2.98. The average molecular weight is 398 g/mol. The molecule has 0 aliphatic carbocycles. The molecular weight excluding hydrogens is 378 g/mol. The van der Waals surface area contributed by atoms with Crippen molar-refractivity contribution in [3.05, 3.63) is 47.5 Å². The third-order valence-corrected chi connectivity index (χ3v) is 5.88. The van der Waals surface area contributed by atoms with Crippen molar-refractivity contribution in [1.82, 2.24) is 4.90 Å². The molecule has 1 N–H and O–H groups in total. The topological polar surface area (TPSA) is 67.9 Å². The maximum absolute atomic E-state index is 13.9. The number of benzene rings is 2. The van der Waals surface area contributed by atoms with Crippen molar-refractivity contribution in [3.8, 4) is 11.5 Å². The zero-order valence-corrected chi connectivity index (χ0v) is 15.9. The number of nitrogens with zero attached hydrogens (tertiary/aromatic N) is 1. The Hall–Kier alpha value is -2.39. The Balaban J connectivity index is 2.03. The Morgan fingerprint density at radius 2 is 1.85 bits per heavy atom. The minimum Gasteiger partial charge on any atom is -0.496 e. The van der Waals surface area contributed by atoms with Gasteiger partial charge < -0.3 is 14.4 Å². The molecule has 6 nitrogen and oxygen atoms in total. The number of hydrogen-bond acceptors (Lipinski definition) is 5. The fraction of sp³-hybridized carbons (Fsp3) is 0.333. The molecular formula is C18H20F2N2O4S. The summed E-state index contributed by atoms with van der Waals surface area (Å²) in [5.74, 6) is -1.48. The zero-order chi connectivity index (χ0) is 19.8. The highest BCUT2D eigenvalue weighted by atomic mass is 32.2. The van der Waals surface area contributed by atoms with Crippen molar-refractivity contribution in [3.63, 3.8) is 0 Å². The van der Waals surface area contributed by atoms with Gasteiger partial charge in [0.25, 0.3) is 10.0 Å². The number of anilines is 1. The summed E-state index contributed by atoms with van der Waals surface area (Å²) in [5, 5.41) is 0. The van der Waals surface area contributed by atoms with E-state index in [1.54, 1.807) is 6.07 Å². The van der Waals surface area contributed by atoms with Crippen LogP contribution in [-0.2, 0) is 16.4 Å². The van der Waals surface area contributed by atoms with Crippen LogP contribution in [0.15, 0.2) is 35.2 Å². The quantitative estimate of drug-likeness (QED) is 0.839. The molecule has 0 unspecified atom stereocenters. The smallest absolute Gasteiger partial charge is 0.267 e. The van der Waals surface area contributed by atoms with Gasteiger partial charge in [0.1, 0.15) is 29.7 Å². The summed E-state index contributed by atoms with van der Waals surface area (Å²) in [6, 6.07) is 6.00. The molecule has 1 heterocycles. The number of hydrogen-bond donors (Lipinski definition) is 1. The van der Waals surface area contributed by atoms with Crippen molar-refractivity contribution < 1.29 is 26.7 Å². The van der Waals surface area contributed by atoms with E-state index in [-0.39, 0.29) is 11.7 Å². The second-order valence-corrected chi connectivity index (χ2v) is 8.03. The average Bonchev–Trinajstić information content (AvgIpc) is 2.60. The van der Waals surface area contributed by atoms with Gasteiger partial charge in [-0.1, -0.05) is 6.07 Å². The van der Waals surface area contributed by atoms with E-state index in [9.17, 15) is 17.2 Å². The largest absolute Gasteiger partial charge is 0.496 e. The summed E-state index contributed by atoms with van der Waals surface area (Å²) in [6.07, 6.45) is 0.579. The second-order valence-electron chi connectivity index (χ2n) is 6.41. The van der Waals surface area contributed by atoms with Crippen LogP contribution in [0.1, 0.15) is 5.56 Å². The Kier molecular flexibility index (Phi) is 5.25. The van der Waals surface area contributed by atoms with Gasteiger partial charge in [-0.2, -0.15) is 0 Å². The Bertz CT molecular complexity index is 944. The van der Waals surface area contributed by atoms with Gasteiger partial charge in [-0.3, -0.25) is 4.72 Å². The van der Waals surface area contributed by atoms with Crippen LogP contribution < -0.4 is 14.2 Å². The van der Waals surface area contributed by atoms with Gasteiger partial charge in [0, 0.05) is 11.6 Å². The highest BCUT2D eigenvalue weighted by molar-refractivity contribution is 7.92. The monoisotopic (exact) mass is 398 g/mol. The van der Waals surface area contributed by atoms with E-state index >= 15 is 0 Å². The molecule has 2 aromatic rings. The molecule has 0 aromatic heterocycles. The van der Waals surface area contributed by atoms with Gasteiger partial charge in [0.05, 0.1) is 12.8 Å². The molecule has 0 saturated heterocycles. The Labute approximate surface area is 156 Å². The van der Waals surface area contributed by atoms with E-state index in [2.05, 4.69) is 4.72 Å². The molecule has 0 spiro atoms. The van der Waals surface area contributed by atoms with E-state index in [0.29, 0.717) is 30.1 Å². The van der Waals surface area contributed by atoms with Crippen LogP contribution >= 0.6 is 0 Å². The van der Waals surface area contributed by atoms with E-state index < -0.39 is 26.6 Å². The van der Waals surface area contributed by atoms with Crippen LogP contribution in [0.4, 0.5) is 14.5 Å². The molecule has 0 fully saturated rings. The normalized spacial score (nSPS) is 16.6. The predicted octanol–water partition coefficient (Wildman–Crippen LogP) is 2.64. The molecule has 0 bridgehead atoms. The van der Waals surface area contributed by atoms with Crippen molar-refractivity contribution in [1.29, 1.82) is 0 Å². The first kappa shape index (κ1) is 19.4.